The SMILES string of the molecule is Cc1cccc(S(=O)(=O)NCc2nc(-c3ccc4c(c3)CC(=O)N4)cs2)c1. The number of aryl methyl sites for hydroxylation is 1. The number of aromatic nitrogens is 1. The van der Waals surface area contributed by atoms with Crippen molar-refractivity contribution in [3.63, 3.8) is 0 Å². The fourth-order valence-corrected chi connectivity index (χ4v) is 4.86. The van der Waals surface area contributed by atoms with Crippen molar-refractivity contribution in [3.05, 3.63) is 64.0 Å². The molecule has 1 aliphatic heterocycles. The minimum Gasteiger partial charge on any atom is -0.326 e. The topological polar surface area (TPSA) is 88.2 Å². The van der Waals surface area contributed by atoms with Crippen LogP contribution in [0.4, 0.5) is 5.69 Å². The number of sulfonamides is 1. The highest BCUT2D eigenvalue weighted by molar-refractivity contribution is 7.89. The Morgan fingerprint density at radius 1 is 1.22 bits per heavy atom. The zero-order valence-electron chi connectivity index (χ0n) is 14.5. The molecule has 0 saturated heterocycles. The maximum Gasteiger partial charge on any atom is 0.240 e. The van der Waals surface area contributed by atoms with E-state index in [9.17, 15) is 13.2 Å². The van der Waals surface area contributed by atoms with Gasteiger partial charge >= 0.3 is 0 Å². The zero-order chi connectivity index (χ0) is 19.0. The Morgan fingerprint density at radius 3 is 2.89 bits per heavy atom. The molecule has 2 heterocycles. The van der Waals surface area contributed by atoms with Gasteiger partial charge in [-0.2, -0.15) is 0 Å². The van der Waals surface area contributed by atoms with Crippen molar-refractivity contribution in [1.82, 2.24) is 9.71 Å². The normalized spacial score (nSPS) is 13.4. The molecule has 0 fully saturated rings. The number of thiazole rings is 1. The third-order valence-corrected chi connectivity index (χ3v) is 6.54. The van der Waals surface area contributed by atoms with Crippen LogP contribution >= 0.6 is 11.3 Å². The van der Waals surface area contributed by atoms with Crippen LogP contribution in [-0.2, 0) is 27.8 Å². The molecule has 0 atom stereocenters. The van der Waals surface area contributed by atoms with Crippen LogP contribution in [0.15, 0.2) is 52.7 Å². The molecule has 6 nitrogen and oxygen atoms in total. The first kappa shape index (κ1) is 17.8. The van der Waals surface area contributed by atoms with Crippen molar-refractivity contribution in [1.29, 1.82) is 0 Å². The van der Waals surface area contributed by atoms with E-state index < -0.39 is 10.0 Å². The van der Waals surface area contributed by atoms with E-state index in [1.54, 1.807) is 18.2 Å². The summed E-state index contributed by atoms with van der Waals surface area (Å²) >= 11 is 1.40. The van der Waals surface area contributed by atoms with Gasteiger partial charge in [0.05, 0.1) is 23.6 Å². The molecule has 0 unspecified atom stereocenters. The van der Waals surface area contributed by atoms with Gasteiger partial charge in [0.25, 0.3) is 0 Å². The number of hydrogen-bond donors (Lipinski definition) is 2. The maximum atomic E-state index is 12.4. The summed E-state index contributed by atoms with van der Waals surface area (Å²) < 4.78 is 27.4. The molecular weight excluding hydrogens is 382 g/mol. The Kier molecular flexibility index (Phi) is 4.55. The van der Waals surface area contributed by atoms with Crippen molar-refractivity contribution in [2.75, 3.05) is 5.32 Å². The van der Waals surface area contributed by atoms with E-state index in [0.717, 1.165) is 28.1 Å². The number of nitrogens with one attached hydrogen (secondary N) is 2. The van der Waals surface area contributed by atoms with Gasteiger partial charge in [-0.05, 0) is 42.3 Å². The smallest absolute Gasteiger partial charge is 0.240 e. The van der Waals surface area contributed by atoms with E-state index in [0.29, 0.717) is 11.4 Å². The largest absolute Gasteiger partial charge is 0.326 e. The first-order valence-electron chi connectivity index (χ1n) is 8.35. The molecule has 138 valence electrons. The summed E-state index contributed by atoms with van der Waals surface area (Å²) in [5, 5.41) is 5.37. The van der Waals surface area contributed by atoms with Gasteiger partial charge < -0.3 is 5.32 Å². The molecule has 8 heteroatoms. The maximum absolute atomic E-state index is 12.4. The minimum absolute atomic E-state index is 0.00771. The third-order valence-electron chi connectivity index (χ3n) is 4.29. The molecule has 4 rings (SSSR count). The second-order valence-corrected chi connectivity index (χ2v) is 9.07. The van der Waals surface area contributed by atoms with Crippen LogP contribution in [0.2, 0.25) is 0 Å². The van der Waals surface area contributed by atoms with E-state index in [-0.39, 0.29) is 17.3 Å². The molecule has 1 aromatic heterocycles. The quantitative estimate of drug-likeness (QED) is 0.690. The molecule has 2 aromatic carbocycles. The predicted molar refractivity (Wildman–Crippen MR) is 105 cm³/mol. The second kappa shape index (κ2) is 6.88. The van der Waals surface area contributed by atoms with Crippen molar-refractivity contribution in [2.24, 2.45) is 0 Å². The number of hydrogen-bond acceptors (Lipinski definition) is 5. The molecule has 0 saturated carbocycles. The summed E-state index contributed by atoms with van der Waals surface area (Å²) in [7, 11) is -3.58. The van der Waals surface area contributed by atoms with Gasteiger partial charge in [0.1, 0.15) is 5.01 Å². The molecule has 0 radical (unpaired) electrons. The molecule has 0 aliphatic carbocycles. The Hall–Kier alpha value is -2.55. The molecular formula is C19H17N3O3S2. The summed E-state index contributed by atoms with van der Waals surface area (Å²) in [6, 6.07) is 12.5. The second-order valence-electron chi connectivity index (χ2n) is 6.36. The van der Waals surface area contributed by atoms with Crippen molar-refractivity contribution in [2.45, 2.75) is 24.8 Å². The Morgan fingerprint density at radius 2 is 2.07 bits per heavy atom. The Bertz CT molecular complexity index is 1140. The lowest BCUT2D eigenvalue weighted by atomic mass is 10.1. The van der Waals surface area contributed by atoms with Gasteiger partial charge in [-0.15, -0.1) is 11.3 Å². The molecule has 27 heavy (non-hydrogen) atoms. The molecule has 0 bridgehead atoms. The first-order valence-corrected chi connectivity index (χ1v) is 10.7. The van der Waals surface area contributed by atoms with Gasteiger partial charge in [-0.25, -0.2) is 18.1 Å². The number of fused-ring (bicyclic) bond motifs is 1. The number of nitrogens with zero attached hydrogens (tertiary/aromatic N) is 1. The van der Waals surface area contributed by atoms with E-state index in [4.69, 9.17) is 0 Å². The summed E-state index contributed by atoms with van der Waals surface area (Å²) in [4.78, 5) is 16.3. The summed E-state index contributed by atoms with van der Waals surface area (Å²) in [5.41, 5.74) is 4.36. The van der Waals surface area contributed by atoms with Crippen molar-refractivity contribution in [3.8, 4) is 11.3 Å². The fourth-order valence-electron chi connectivity index (χ4n) is 2.94. The first-order chi connectivity index (χ1) is 12.9. The molecule has 2 N–H and O–H groups in total. The van der Waals surface area contributed by atoms with Crippen LogP contribution in [0.3, 0.4) is 0 Å². The van der Waals surface area contributed by atoms with Gasteiger partial charge in [-0.1, -0.05) is 18.2 Å². The highest BCUT2D eigenvalue weighted by Crippen LogP contribution is 2.29. The monoisotopic (exact) mass is 399 g/mol. The Labute approximate surface area is 161 Å². The Balaban J connectivity index is 1.49. The molecule has 1 aliphatic rings. The summed E-state index contributed by atoms with van der Waals surface area (Å²) in [6.45, 7) is 1.98. The van der Waals surface area contributed by atoms with Crippen LogP contribution in [0.1, 0.15) is 16.1 Å². The molecule has 1 amide bonds. The number of anilines is 1. The standard InChI is InChI=1S/C19H17N3O3S2/c1-12-3-2-4-15(7-12)27(24,25)20-10-19-22-17(11-26-19)13-5-6-16-14(8-13)9-18(23)21-16/h2-8,11,20H,9-10H2,1H3,(H,21,23). The van der Waals surface area contributed by atoms with Gasteiger partial charge in [-0.3, -0.25) is 4.79 Å². The van der Waals surface area contributed by atoms with Crippen LogP contribution in [-0.4, -0.2) is 19.3 Å². The lowest BCUT2D eigenvalue weighted by Gasteiger charge is -2.06. The van der Waals surface area contributed by atoms with Crippen molar-refractivity contribution < 1.29 is 13.2 Å². The highest BCUT2D eigenvalue weighted by Gasteiger charge is 2.19. The highest BCUT2D eigenvalue weighted by atomic mass is 32.2. The average Bonchev–Trinajstić information content (AvgIpc) is 3.25. The van der Waals surface area contributed by atoms with Crippen molar-refractivity contribution >= 4 is 33.0 Å². The number of benzene rings is 2. The van der Waals surface area contributed by atoms with Crippen LogP contribution in [0.25, 0.3) is 11.3 Å². The molecule has 3 aromatic rings. The lowest BCUT2D eigenvalue weighted by Crippen LogP contribution is -2.23. The third kappa shape index (κ3) is 3.78. The van der Waals surface area contributed by atoms with Crippen LogP contribution in [0.5, 0.6) is 0 Å². The number of rotatable bonds is 5. The van der Waals surface area contributed by atoms with E-state index in [1.165, 1.54) is 11.3 Å². The van der Waals surface area contributed by atoms with E-state index in [2.05, 4.69) is 15.0 Å². The number of carbonyl (C=O) groups excluding carboxylic acids is 1. The van der Waals surface area contributed by atoms with Crippen LogP contribution < -0.4 is 10.0 Å². The predicted octanol–water partition coefficient (Wildman–Crippen LogP) is 3.09. The summed E-state index contributed by atoms with van der Waals surface area (Å²) in [6.07, 6.45) is 0.371. The molecule has 0 spiro atoms. The average molecular weight is 399 g/mol. The minimum atomic E-state index is -3.58. The summed E-state index contributed by atoms with van der Waals surface area (Å²) in [5.74, 6) is -0.00771. The fraction of sp³-hybridized carbons (Fsp3) is 0.158. The van der Waals surface area contributed by atoms with Gasteiger partial charge in [0.2, 0.25) is 15.9 Å². The zero-order valence-corrected chi connectivity index (χ0v) is 16.2. The van der Waals surface area contributed by atoms with E-state index in [1.807, 2.05) is 36.6 Å². The lowest BCUT2D eigenvalue weighted by molar-refractivity contribution is -0.115. The number of carbonyl (C=O) groups is 1. The van der Waals surface area contributed by atoms with Crippen LogP contribution in [0, 0.1) is 6.92 Å². The van der Waals surface area contributed by atoms with Gasteiger partial charge in [0.15, 0.2) is 0 Å². The van der Waals surface area contributed by atoms with Gasteiger partial charge in [0, 0.05) is 16.6 Å². The number of amides is 1. The van der Waals surface area contributed by atoms with E-state index >= 15 is 0 Å².